The molecule has 156 valence electrons. The molecular weight excluding hydrogens is 386 g/mol. The Hall–Kier alpha value is -3.42. The first kappa shape index (κ1) is 19.9. The number of Topliss-reactive ketones (excluding diaryl/α,β-unsaturated/α-hetero) is 1. The molecular formula is C22H23N3O5. The highest BCUT2D eigenvalue weighted by atomic mass is 16.5. The average Bonchev–Trinajstić information content (AvgIpc) is 2.72. The van der Waals surface area contributed by atoms with E-state index in [4.69, 9.17) is 9.47 Å². The first-order valence-corrected chi connectivity index (χ1v) is 9.77. The molecule has 0 fully saturated rings. The molecule has 0 amide bonds. The predicted octanol–water partition coefficient (Wildman–Crippen LogP) is 2.60. The summed E-state index contributed by atoms with van der Waals surface area (Å²) < 4.78 is 12.1. The van der Waals surface area contributed by atoms with E-state index in [1.165, 1.54) is 10.8 Å². The van der Waals surface area contributed by atoms with Crippen molar-refractivity contribution in [1.82, 2.24) is 14.5 Å². The highest BCUT2D eigenvalue weighted by Gasteiger charge is 2.30. The Balaban J connectivity index is 1.90. The van der Waals surface area contributed by atoms with Crippen molar-refractivity contribution in [2.24, 2.45) is 0 Å². The Labute approximate surface area is 172 Å². The lowest BCUT2D eigenvalue weighted by molar-refractivity contribution is 0.0964. The number of rotatable bonds is 4. The van der Waals surface area contributed by atoms with Crippen molar-refractivity contribution < 1.29 is 14.3 Å². The standard InChI is InChI=1S/C22H23N3O5/c1-11(2)25-20-19(21(27)24-22(25)28)14-7-13(8-16(26)15(14)10-23-20)12-5-6-17(29-3)18(9-12)30-4/h5-6,9-11,13H,7-8H2,1-4H3,(H,24,27,28)/t13-/m1/s1. The van der Waals surface area contributed by atoms with Gasteiger partial charge in [-0.25, -0.2) is 9.78 Å². The molecule has 1 atom stereocenters. The van der Waals surface area contributed by atoms with Gasteiger partial charge in [0.05, 0.1) is 19.6 Å². The lowest BCUT2D eigenvalue weighted by atomic mass is 9.79. The summed E-state index contributed by atoms with van der Waals surface area (Å²) >= 11 is 0. The third-order valence-electron chi connectivity index (χ3n) is 5.64. The SMILES string of the molecule is COc1ccc([C@H]2CC(=O)c3cnc4c(c3C2)c(=O)[nH]c(=O)n4C(C)C)cc1OC. The van der Waals surface area contributed by atoms with Crippen molar-refractivity contribution in [2.45, 2.75) is 38.6 Å². The Bertz CT molecular complexity index is 1270. The molecule has 1 aromatic carbocycles. The summed E-state index contributed by atoms with van der Waals surface area (Å²) in [4.78, 5) is 44.7. The number of nitrogens with one attached hydrogen (secondary N) is 1. The van der Waals surface area contributed by atoms with Crippen LogP contribution in [-0.2, 0) is 6.42 Å². The Morgan fingerprint density at radius 3 is 2.50 bits per heavy atom. The molecule has 4 rings (SSSR count). The molecule has 0 saturated heterocycles. The number of pyridine rings is 1. The minimum atomic E-state index is -0.517. The van der Waals surface area contributed by atoms with Gasteiger partial charge in [-0.1, -0.05) is 6.07 Å². The van der Waals surface area contributed by atoms with Gasteiger partial charge in [0.1, 0.15) is 5.65 Å². The maximum atomic E-state index is 12.9. The first-order chi connectivity index (χ1) is 14.3. The normalized spacial score (nSPS) is 16.0. The molecule has 0 aliphatic heterocycles. The van der Waals surface area contributed by atoms with Crippen LogP contribution in [0.5, 0.6) is 11.5 Å². The second kappa shape index (κ2) is 7.44. The number of fused-ring (bicyclic) bond motifs is 3. The van der Waals surface area contributed by atoms with Crippen LogP contribution in [0.4, 0.5) is 0 Å². The van der Waals surface area contributed by atoms with Crippen LogP contribution in [0.3, 0.4) is 0 Å². The number of methoxy groups -OCH3 is 2. The monoisotopic (exact) mass is 409 g/mol. The maximum Gasteiger partial charge on any atom is 0.330 e. The summed E-state index contributed by atoms with van der Waals surface area (Å²) in [6.07, 6.45) is 2.27. The van der Waals surface area contributed by atoms with Crippen LogP contribution in [0, 0.1) is 0 Å². The maximum absolute atomic E-state index is 12.9. The molecule has 0 unspecified atom stereocenters. The highest BCUT2D eigenvalue weighted by Crippen LogP contribution is 2.38. The molecule has 1 aliphatic carbocycles. The third-order valence-corrected chi connectivity index (χ3v) is 5.64. The van der Waals surface area contributed by atoms with Gasteiger partial charge in [0.25, 0.3) is 5.56 Å². The van der Waals surface area contributed by atoms with E-state index in [-0.39, 0.29) is 17.7 Å². The topological polar surface area (TPSA) is 103 Å². The number of H-pyrrole nitrogens is 1. The van der Waals surface area contributed by atoms with Crippen molar-refractivity contribution in [1.29, 1.82) is 0 Å². The molecule has 1 aliphatic rings. The van der Waals surface area contributed by atoms with Crippen molar-refractivity contribution in [2.75, 3.05) is 14.2 Å². The minimum Gasteiger partial charge on any atom is -0.493 e. The fraction of sp³-hybridized carbons (Fsp3) is 0.364. The van der Waals surface area contributed by atoms with Gasteiger partial charge in [-0.2, -0.15) is 0 Å². The number of benzene rings is 1. The van der Waals surface area contributed by atoms with E-state index in [9.17, 15) is 14.4 Å². The van der Waals surface area contributed by atoms with Gasteiger partial charge in [-0.3, -0.25) is 19.1 Å². The number of nitrogens with zero attached hydrogens (tertiary/aromatic N) is 2. The molecule has 2 heterocycles. The number of aromatic nitrogens is 3. The van der Waals surface area contributed by atoms with Crippen LogP contribution in [0.25, 0.3) is 11.0 Å². The number of hydrogen-bond acceptors (Lipinski definition) is 6. The third kappa shape index (κ3) is 3.08. The van der Waals surface area contributed by atoms with Gasteiger partial charge in [-0.05, 0) is 49.4 Å². The van der Waals surface area contributed by atoms with Gasteiger partial charge >= 0.3 is 5.69 Å². The molecule has 30 heavy (non-hydrogen) atoms. The summed E-state index contributed by atoms with van der Waals surface area (Å²) in [7, 11) is 3.13. The summed E-state index contributed by atoms with van der Waals surface area (Å²) in [6, 6.07) is 5.38. The minimum absolute atomic E-state index is 0.0767. The smallest absolute Gasteiger partial charge is 0.330 e. The lowest BCUT2D eigenvalue weighted by Crippen LogP contribution is -2.33. The second-order valence-electron chi connectivity index (χ2n) is 7.71. The fourth-order valence-corrected chi connectivity index (χ4v) is 4.20. The number of hydrogen-bond donors (Lipinski definition) is 1. The molecule has 0 radical (unpaired) electrons. The van der Waals surface area contributed by atoms with E-state index in [2.05, 4.69) is 9.97 Å². The zero-order valence-corrected chi connectivity index (χ0v) is 17.3. The van der Waals surface area contributed by atoms with Crippen LogP contribution < -0.4 is 20.7 Å². The Kier molecular flexibility index (Phi) is 4.93. The molecule has 2 aromatic heterocycles. The van der Waals surface area contributed by atoms with Crippen molar-refractivity contribution in [3.63, 3.8) is 0 Å². The van der Waals surface area contributed by atoms with Crippen molar-refractivity contribution in [3.05, 3.63) is 61.9 Å². The molecule has 0 spiro atoms. The summed E-state index contributed by atoms with van der Waals surface area (Å²) in [5.74, 6) is 0.983. The first-order valence-electron chi connectivity index (χ1n) is 9.77. The van der Waals surface area contributed by atoms with E-state index in [0.717, 1.165) is 5.56 Å². The van der Waals surface area contributed by atoms with Gasteiger partial charge in [0, 0.05) is 24.2 Å². The van der Waals surface area contributed by atoms with E-state index in [0.29, 0.717) is 46.5 Å². The number of ketones is 1. The largest absolute Gasteiger partial charge is 0.493 e. The van der Waals surface area contributed by atoms with E-state index in [1.807, 2.05) is 32.0 Å². The second-order valence-corrected chi connectivity index (χ2v) is 7.71. The summed E-state index contributed by atoms with van der Waals surface area (Å²) in [6.45, 7) is 3.69. The van der Waals surface area contributed by atoms with Gasteiger partial charge in [0.15, 0.2) is 17.3 Å². The molecule has 0 saturated carbocycles. The zero-order chi connectivity index (χ0) is 21.6. The Morgan fingerprint density at radius 2 is 1.83 bits per heavy atom. The number of carbonyl (C=O) groups is 1. The van der Waals surface area contributed by atoms with Crippen LogP contribution in [0.2, 0.25) is 0 Å². The predicted molar refractivity (Wildman–Crippen MR) is 112 cm³/mol. The number of ether oxygens (including phenoxy) is 2. The zero-order valence-electron chi connectivity index (χ0n) is 17.3. The van der Waals surface area contributed by atoms with Crippen LogP contribution in [0.15, 0.2) is 34.0 Å². The molecule has 0 bridgehead atoms. The van der Waals surface area contributed by atoms with Crippen LogP contribution in [-0.4, -0.2) is 34.5 Å². The van der Waals surface area contributed by atoms with E-state index < -0.39 is 11.2 Å². The molecule has 3 aromatic rings. The molecule has 1 N–H and O–H groups in total. The van der Waals surface area contributed by atoms with Gasteiger partial charge < -0.3 is 9.47 Å². The lowest BCUT2D eigenvalue weighted by Gasteiger charge is -2.26. The van der Waals surface area contributed by atoms with Crippen molar-refractivity contribution >= 4 is 16.8 Å². The quantitative estimate of drug-likeness (QED) is 0.710. The number of carbonyl (C=O) groups excluding carboxylic acids is 1. The van der Waals surface area contributed by atoms with Crippen molar-refractivity contribution in [3.8, 4) is 11.5 Å². The molecule has 8 heteroatoms. The van der Waals surface area contributed by atoms with Gasteiger partial charge in [-0.15, -0.1) is 0 Å². The highest BCUT2D eigenvalue weighted by molar-refractivity contribution is 6.02. The van der Waals surface area contributed by atoms with E-state index in [1.54, 1.807) is 14.2 Å². The summed E-state index contributed by atoms with van der Waals surface area (Å²) in [5, 5.41) is 0.305. The summed E-state index contributed by atoms with van der Waals surface area (Å²) in [5.41, 5.74) is 1.28. The Morgan fingerprint density at radius 1 is 1.10 bits per heavy atom. The van der Waals surface area contributed by atoms with E-state index >= 15 is 0 Å². The van der Waals surface area contributed by atoms with Crippen LogP contribution in [0.1, 0.15) is 53.7 Å². The number of aromatic amines is 1. The molecule has 8 nitrogen and oxygen atoms in total. The fourth-order valence-electron chi connectivity index (χ4n) is 4.20. The van der Waals surface area contributed by atoms with Crippen LogP contribution >= 0.6 is 0 Å². The average molecular weight is 409 g/mol. The van der Waals surface area contributed by atoms with Gasteiger partial charge in [0.2, 0.25) is 0 Å².